The Bertz CT molecular complexity index is 283. The van der Waals surface area contributed by atoms with Crippen molar-refractivity contribution in [3.63, 3.8) is 0 Å². The van der Waals surface area contributed by atoms with Crippen LogP contribution in [0.25, 0.3) is 0 Å². The summed E-state index contributed by atoms with van der Waals surface area (Å²) in [6, 6.07) is 0. The normalized spacial score (nSPS) is 23.1. The van der Waals surface area contributed by atoms with E-state index in [4.69, 9.17) is 0 Å². The summed E-state index contributed by atoms with van der Waals surface area (Å²) >= 11 is 0. The van der Waals surface area contributed by atoms with Crippen LogP contribution < -0.4 is 0 Å². The molecular weight excluding hydrogens is 226 g/mol. The van der Waals surface area contributed by atoms with Gasteiger partial charge in [-0.3, -0.25) is 4.79 Å². The standard InChI is InChI=1S/C15H27NO2/c1-3-8-15(2,14(17)18)11-16(9-12-4-5-12)10-13-6-7-13/h12-13H,3-11H2,1-2H3,(H,17,18). The van der Waals surface area contributed by atoms with E-state index in [1.807, 2.05) is 6.92 Å². The van der Waals surface area contributed by atoms with Gasteiger partial charge in [0.1, 0.15) is 0 Å². The van der Waals surface area contributed by atoms with Gasteiger partial charge in [0.15, 0.2) is 0 Å². The lowest BCUT2D eigenvalue weighted by Crippen LogP contribution is -2.42. The molecule has 0 aromatic rings. The molecule has 18 heavy (non-hydrogen) atoms. The van der Waals surface area contributed by atoms with Crippen molar-refractivity contribution >= 4 is 5.97 Å². The molecule has 0 radical (unpaired) electrons. The Morgan fingerprint density at radius 3 is 2.06 bits per heavy atom. The van der Waals surface area contributed by atoms with Gasteiger partial charge in [-0.15, -0.1) is 0 Å². The number of hydrogen-bond acceptors (Lipinski definition) is 2. The van der Waals surface area contributed by atoms with Crippen molar-refractivity contribution in [3.05, 3.63) is 0 Å². The molecular formula is C15H27NO2. The SMILES string of the molecule is CCCC(C)(CN(CC1CC1)CC1CC1)C(=O)O. The summed E-state index contributed by atoms with van der Waals surface area (Å²) in [4.78, 5) is 14.0. The van der Waals surface area contributed by atoms with Gasteiger partial charge in [-0.2, -0.15) is 0 Å². The number of carboxylic acid groups (broad SMARTS) is 1. The van der Waals surface area contributed by atoms with Gasteiger partial charge in [-0.1, -0.05) is 13.3 Å². The van der Waals surface area contributed by atoms with Crippen LogP contribution in [0.2, 0.25) is 0 Å². The fourth-order valence-corrected chi connectivity index (χ4v) is 2.83. The fraction of sp³-hybridized carbons (Fsp3) is 0.933. The molecule has 3 heteroatoms. The third-order valence-electron chi connectivity index (χ3n) is 4.32. The van der Waals surface area contributed by atoms with Crippen molar-refractivity contribution in [2.75, 3.05) is 19.6 Å². The maximum absolute atomic E-state index is 11.5. The van der Waals surface area contributed by atoms with Crippen molar-refractivity contribution in [2.45, 2.75) is 52.4 Å². The third-order valence-corrected chi connectivity index (χ3v) is 4.32. The van der Waals surface area contributed by atoms with Crippen LogP contribution in [0, 0.1) is 17.3 Å². The molecule has 3 nitrogen and oxygen atoms in total. The summed E-state index contributed by atoms with van der Waals surface area (Å²) in [6.07, 6.45) is 7.12. The summed E-state index contributed by atoms with van der Waals surface area (Å²) in [5, 5.41) is 9.49. The molecule has 1 unspecified atom stereocenters. The molecule has 0 heterocycles. The minimum absolute atomic E-state index is 0.557. The number of rotatable bonds is 9. The van der Waals surface area contributed by atoms with Crippen LogP contribution in [0.3, 0.4) is 0 Å². The van der Waals surface area contributed by atoms with Crippen LogP contribution in [0.1, 0.15) is 52.4 Å². The van der Waals surface area contributed by atoms with Gasteiger partial charge in [-0.05, 0) is 50.9 Å². The van der Waals surface area contributed by atoms with E-state index in [9.17, 15) is 9.90 Å². The highest BCUT2D eigenvalue weighted by Crippen LogP contribution is 2.35. The maximum Gasteiger partial charge on any atom is 0.310 e. The molecule has 1 N–H and O–H groups in total. The Labute approximate surface area is 111 Å². The number of carboxylic acids is 1. The van der Waals surface area contributed by atoms with Gasteiger partial charge in [0.05, 0.1) is 5.41 Å². The number of aliphatic carboxylic acids is 1. The first-order valence-corrected chi connectivity index (χ1v) is 7.49. The molecule has 2 saturated carbocycles. The average Bonchev–Trinajstić information content (AvgIpc) is 3.13. The van der Waals surface area contributed by atoms with Gasteiger partial charge in [0, 0.05) is 19.6 Å². The minimum Gasteiger partial charge on any atom is -0.481 e. The zero-order valence-corrected chi connectivity index (χ0v) is 11.8. The average molecular weight is 253 g/mol. The summed E-state index contributed by atoms with van der Waals surface area (Å²) in [5.41, 5.74) is -0.557. The molecule has 0 saturated heterocycles. The molecule has 2 fully saturated rings. The van der Waals surface area contributed by atoms with E-state index < -0.39 is 11.4 Å². The van der Waals surface area contributed by atoms with Gasteiger partial charge in [-0.25, -0.2) is 0 Å². The van der Waals surface area contributed by atoms with Crippen LogP contribution in [0.4, 0.5) is 0 Å². The highest BCUT2D eigenvalue weighted by atomic mass is 16.4. The van der Waals surface area contributed by atoms with Crippen LogP contribution in [0.15, 0.2) is 0 Å². The first-order valence-electron chi connectivity index (χ1n) is 7.49. The van der Waals surface area contributed by atoms with Crippen molar-refractivity contribution in [1.29, 1.82) is 0 Å². The molecule has 0 aliphatic heterocycles. The highest BCUT2D eigenvalue weighted by Gasteiger charge is 2.37. The molecule has 0 aromatic heterocycles. The molecule has 104 valence electrons. The highest BCUT2D eigenvalue weighted by molar-refractivity contribution is 5.74. The summed E-state index contributed by atoms with van der Waals surface area (Å²) < 4.78 is 0. The number of carbonyl (C=O) groups is 1. The number of nitrogens with zero attached hydrogens (tertiary/aromatic N) is 1. The first-order chi connectivity index (χ1) is 8.53. The maximum atomic E-state index is 11.5. The molecule has 0 spiro atoms. The largest absolute Gasteiger partial charge is 0.481 e. The smallest absolute Gasteiger partial charge is 0.310 e. The van der Waals surface area contributed by atoms with E-state index in [-0.39, 0.29) is 0 Å². The third kappa shape index (κ3) is 3.98. The van der Waals surface area contributed by atoms with E-state index in [0.29, 0.717) is 0 Å². The molecule has 2 aliphatic rings. The van der Waals surface area contributed by atoms with Crippen molar-refractivity contribution in [1.82, 2.24) is 4.90 Å². The molecule has 0 amide bonds. The molecule has 0 bridgehead atoms. The Kier molecular flexibility index (Phi) is 4.31. The van der Waals surface area contributed by atoms with Crippen LogP contribution in [0.5, 0.6) is 0 Å². The first kappa shape index (κ1) is 13.9. The van der Waals surface area contributed by atoms with Crippen molar-refractivity contribution in [3.8, 4) is 0 Å². The minimum atomic E-state index is -0.624. The quantitative estimate of drug-likeness (QED) is 0.686. The van der Waals surface area contributed by atoms with E-state index in [1.54, 1.807) is 0 Å². The predicted octanol–water partition coefficient (Wildman–Crippen LogP) is 3.00. The summed E-state index contributed by atoms with van der Waals surface area (Å²) in [6.45, 7) is 6.99. The second-order valence-electron chi connectivity index (χ2n) is 6.70. The lowest BCUT2D eigenvalue weighted by atomic mass is 9.85. The van der Waals surface area contributed by atoms with E-state index >= 15 is 0 Å². The van der Waals surface area contributed by atoms with Crippen LogP contribution in [-0.2, 0) is 4.79 Å². The molecule has 2 aliphatic carbocycles. The lowest BCUT2D eigenvalue weighted by molar-refractivity contribution is -0.149. The molecule has 1 atom stereocenters. The fourth-order valence-electron chi connectivity index (χ4n) is 2.83. The zero-order valence-electron chi connectivity index (χ0n) is 11.8. The van der Waals surface area contributed by atoms with Gasteiger partial charge < -0.3 is 10.0 Å². The topological polar surface area (TPSA) is 40.5 Å². The van der Waals surface area contributed by atoms with Crippen molar-refractivity contribution in [2.24, 2.45) is 17.3 Å². The van der Waals surface area contributed by atoms with Crippen LogP contribution >= 0.6 is 0 Å². The summed E-state index contributed by atoms with van der Waals surface area (Å²) in [7, 11) is 0. The van der Waals surface area contributed by atoms with Gasteiger partial charge >= 0.3 is 5.97 Å². The molecule has 0 aromatic carbocycles. The molecule has 2 rings (SSSR count). The Hall–Kier alpha value is -0.570. The predicted molar refractivity (Wildman–Crippen MR) is 72.5 cm³/mol. The van der Waals surface area contributed by atoms with E-state index in [0.717, 1.165) is 44.3 Å². The van der Waals surface area contributed by atoms with Gasteiger partial charge in [0.2, 0.25) is 0 Å². The van der Waals surface area contributed by atoms with E-state index in [1.165, 1.54) is 25.7 Å². The zero-order chi connectivity index (χ0) is 13.2. The van der Waals surface area contributed by atoms with Gasteiger partial charge in [0.25, 0.3) is 0 Å². The Morgan fingerprint density at radius 1 is 1.22 bits per heavy atom. The van der Waals surface area contributed by atoms with E-state index in [2.05, 4.69) is 11.8 Å². The second kappa shape index (κ2) is 5.60. The summed E-state index contributed by atoms with van der Waals surface area (Å²) in [5.74, 6) is 1.08. The lowest BCUT2D eigenvalue weighted by Gasteiger charge is -2.32. The number of hydrogen-bond donors (Lipinski definition) is 1. The van der Waals surface area contributed by atoms with Crippen molar-refractivity contribution < 1.29 is 9.90 Å². The Morgan fingerprint density at radius 2 is 1.72 bits per heavy atom. The Balaban J connectivity index is 1.92. The van der Waals surface area contributed by atoms with Crippen LogP contribution in [-0.4, -0.2) is 35.6 Å². The monoisotopic (exact) mass is 253 g/mol. The second-order valence-corrected chi connectivity index (χ2v) is 6.70.